The van der Waals surface area contributed by atoms with E-state index in [4.69, 9.17) is 0 Å². The van der Waals surface area contributed by atoms with Crippen LogP contribution in [0.25, 0.3) is 0 Å². The molecular weight excluding hydrogens is 198 g/mol. The van der Waals surface area contributed by atoms with E-state index in [1.165, 1.54) is 0 Å². The van der Waals surface area contributed by atoms with E-state index in [2.05, 4.69) is 5.32 Å². The first-order valence-electron chi connectivity index (χ1n) is 5.26. The van der Waals surface area contributed by atoms with E-state index < -0.39 is 14.6 Å². The Bertz CT molecular complexity index is 271. The lowest BCUT2D eigenvalue weighted by atomic mass is 10.0. The second-order valence-electron chi connectivity index (χ2n) is 5.11. The van der Waals surface area contributed by atoms with Crippen LogP contribution in [0.4, 0.5) is 0 Å². The Morgan fingerprint density at radius 1 is 1.36 bits per heavy atom. The van der Waals surface area contributed by atoms with E-state index in [1.54, 1.807) is 20.8 Å². The summed E-state index contributed by atoms with van der Waals surface area (Å²) >= 11 is 0. The average molecular weight is 219 g/mol. The second-order valence-corrected chi connectivity index (χ2v) is 7.89. The van der Waals surface area contributed by atoms with E-state index in [9.17, 15) is 8.42 Å². The van der Waals surface area contributed by atoms with Gasteiger partial charge in [0.1, 0.15) is 0 Å². The molecule has 1 atom stereocenters. The van der Waals surface area contributed by atoms with Gasteiger partial charge in [-0.05, 0) is 52.6 Å². The van der Waals surface area contributed by atoms with Gasteiger partial charge in [-0.3, -0.25) is 0 Å². The SMILES string of the molecule is CC(C)(C)S(=O)(=O)CC1CCCNC1. The predicted molar refractivity (Wildman–Crippen MR) is 59.1 cm³/mol. The normalized spacial score (nSPS) is 24.9. The molecule has 1 saturated heterocycles. The summed E-state index contributed by atoms with van der Waals surface area (Å²) in [6.45, 7) is 7.22. The monoisotopic (exact) mass is 219 g/mol. The zero-order valence-electron chi connectivity index (χ0n) is 9.34. The van der Waals surface area contributed by atoms with E-state index in [0.29, 0.717) is 11.7 Å². The van der Waals surface area contributed by atoms with Gasteiger partial charge in [0, 0.05) is 0 Å². The third-order valence-corrected chi connectivity index (χ3v) is 5.56. The summed E-state index contributed by atoms with van der Waals surface area (Å²) in [7, 11) is -2.94. The number of sulfone groups is 1. The quantitative estimate of drug-likeness (QED) is 0.759. The molecule has 1 fully saturated rings. The lowest BCUT2D eigenvalue weighted by Crippen LogP contribution is -2.39. The highest BCUT2D eigenvalue weighted by Crippen LogP contribution is 2.21. The molecule has 0 radical (unpaired) electrons. The van der Waals surface area contributed by atoms with Crippen molar-refractivity contribution in [1.29, 1.82) is 0 Å². The number of hydrogen-bond acceptors (Lipinski definition) is 3. The van der Waals surface area contributed by atoms with E-state index in [-0.39, 0.29) is 0 Å². The molecule has 84 valence electrons. The number of hydrogen-bond donors (Lipinski definition) is 1. The molecule has 4 heteroatoms. The maximum absolute atomic E-state index is 11.9. The Hall–Kier alpha value is -0.0900. The number of nitrogens with one attached hydrogen (secondary N) is 1. The Kier molecular flexibility index (Phi) is 3.58. The summed E-state index contributed by atoms with van der Waals surface area (Å²) in [6, 6.07) is 0. The van der Waals surface area contributed by atoms with Crippen molar-refractivity contribution in [2.45, 2.75) is 38.4 Å². The lowest BCUT2D eigenvalue weighted by molar-refractivity contribution is 0.401. The highest BCUT2D eigenvalue weighted by molar-refractivity contribution is 7.92. The van der Waals surface area contributed by atoms with Gasteiger partial charge in [-0.25, -0.2) is 8.42 Å². The zero-order chi connectivity index (χ0) is 10.8. The van der Waals surface area contributed by atoms with Gasteiger partial charge in [0.2, 0.25) is 0 Å². The molecule has 0 bridgehead atoms. The standard InChI is InChI=1S/C10H21NO2S/c1-10(2,3)14(12,13)8-9-5-4-6-11-7-9/h9,11H,4-8H2,1-3H3. The number of rotatable bonds is 2. The summed E-state index contributed by atoms with van der Waals surface area (Å²) in [5.74, 6) is 0.650. The predicted octanol–water partition coefficient (Wildman–Crippen LogP) is 1.20. The summed E-state index contributed by atoms with van der Waals surface area (Å²) in [5, 5.41) is 3.24. The van der Waals surface area contributed by atoms with Gasteiger partial charge in [0.05, 0.1) is 10.5 Å². The molecule has 0 aromatic heterocycles. The minimum atomic E-state index is -2.94. The van der Waals surface area contributed by atoms with Gasteiger partial charge in [-0.1, -0.05) is 0 Å². The van der Waals surface area contributed by atoms with Gasteiger partial charge in [-0.15, -0.1) is 0 Å². The van der Waals surface area contributed by atoms with Crippen LogP contribution in [0.15, 0.2) is 0 Å². The molecule has 0 aliphatic carbocycles. The maximum atomic E-state index is 11.9. The van der Waals surface area contributed by atoms with Crippen molar-refractivity contribution < 1.29 is 8.42 Å². The van der Waals surface area contributed by atoms with Crippen LogP contribution < -0.4 is 5.32 Å². The second kappa shape index (κ2) is 4.19. The third-order valence-electron chi connectivity index (χ3n) is 2.79. The lowest BCUT2D eigenvalue weighted by Gasteiger charge is -2.26. The molecule has 3 nitrogen and oxygen atoms in total. The summed E-state index contributed by atoms with van der Waals surface area (Å²) in [4.78, 5) is 0. The molecule has 1 aliphatic heterocycles. The highest BCUT2D eigenvalue weighted by Gasteiger charge is 2.31. The minimum Gasteiger partial charge on any atom is -0.316 e. The molecule has 1 rings (SSSR count). The van der Waals surface area contributed by atoms with Crippen LogP contribution in [0.5, 0.6) is 0 Å². The highest BCUT2D eigenvalue weighted by atomic mass is 32.2. The zero-order valence-corrected chi connectivity index (χ0v) is 10.2. The Labute approximate surface area is 87.2 Å². The molecule has 14 heavy (non-hydrogen) atoms. The smallest absolute Gasteiger partial charge is 0.155 e. The van der Waals surface area contributed by atoms with Crippen molar-refractivity contribution in [1.82, 2.24) is 5.32 Å². The van der Waals surface area contributed by atoms with Crippen LogP contribution in [0.1, 0.15) is 33.6 Å². The van der Waals surface area contributed by atoms with E-state index in [1.807, 2.05) is 0 Å². The van der Waals surface area contributed by atoms with Gasteiger partial charge in [0.25, 0.3) is 0 Å². The van der Waals surface area contributed by atoms with Crippen LogP contribution in [0.2, 0.25) is 0 Å². The topological polar surface area (TPSA) is 46.2 Å². The van der Waals surface area contributed by atoms with Crippen LogP contribution >= 0.6 is 0 Å². The first kappa shape index (κ1) is 12.0. The van der Waals surface area contributed by atoms with Crippen LogP contribution in [0, 0.1) is 5.92 Å². The van der Waals surface area contributed by atoms with Crippen LogP contribution in [0.3, 0.4) is 0 Å². The van der Waals surface area contributed by atoms with Crippen molar-refractivity contribution in [2.75, 3.05) is 18.8 Å². The Morgan fingerprint density at radius 2 is 2.00 bits per heavy atom. The molecule has 1 aliphatic rings. The molecule has 0 aromatic rings. The Balaban J connectivity index is 2.58. The fraction of sp³-hybridized carbons (Fsp3) is 1.00. The van der Waals surface area contributed by atoms with Crippen molar-refractivity contribution in [3.63, 3.8) is 0 Å². The summed E-state index contributed by atoms with van der Waals surface area (Å²) < 4.78 is 23.2. The van der Waals surface area contributed by atoms with Crippen molar-refractivity contribution in [3.05, 3.63) is 0 Å². The van der Waals surface area contributed by atoms with E-state index >= 15 is 0 Å². The molecule has 0 aromatic carbocycles. The van der Waals surface area contributed by atoms with Crippen molar-refractivity contribution >= 4 is 9.84 Å². The first-order valence-corrected chi connectivity index (χ1v) is 6.91. The Morgan fingerprint density at radius 3 is 2.43 bits per heavy atom. The van der Waals surface area contributed by atoms with Crippen molar-refractivity contribution in [2.24, 2.45) is 5.92 Å². The summed E-state index contributed by atoms with van der Waals surface area (Å²) in [5.41, 5.74) is 0. The maximum Gasteiger partial charge on any atom is 0.155 e. The molecule has 0 saturated carbocycles. The van der Waals surface area contributed by atoms with Crippen molar-refractivity contribution in [3.8, 4) is 0 Å². The van der Waals surface area contributed by atoms with Gasteiger partial charge >= 0.3 is 0 Å². The average Bonchev–Trinajstić information content (AvgIpc) is 2.03. The largest absolute Gasteiger partial charge is 0.316 e. The summed E-state index contributed by atoms with van der Waals surface area (Å²) in [6.07, 6.45) is 2.15. The molecule has 0 amide bonds. The van der Waals surface area contributed by atoms with Gasteiger partial charge in [-0.2, -0.15) is 0 Å². The third kappa shape index (κ3) is 2.95. The fourth-order valence-electron chi connectivity index (χ4n) is 1.63. The van der Waals surface area contributed by atoms with E-state index in [0.717, 1.165) is 25.9 Å². The first-order chi connectivity index (χ1) is 6.33. The molecule has 0 spiro atoms. The fourth-order valence-corrected chi connectivity index (χ4v) is 3.03. The van der Waals surface area contributed by atoms with Gasteiger partial charge in [0.15, 0.2) is 9.84 Å². The van der Waals surface area contributed by atoms with Crippen LogP contribution in [-0.4, -0.2) is 32.0 Å². The molecule has 1 N–H and O–H groups in total. The molecular formula is C10H21NO2S. The number of piperidine rings is 1. The minimum absolute atomic E-state index is 0.313. The van der Waals surface area contributed by atoms with Crippen LogP contribution in [-0.2, 0) is 9.84 Å². The molecule has 1 heterocycles. The molecule has 1 unspecified atom stereocenters. The van der Waals surface area contributed by atoms with Gasteiger partial charge < -0.3 is 5.32 Å².